The number of carbonyl (C=O) groups excluding carboxylic acids is 2. The molecule has 0 aliphatic carbocycles. The number of amides is 1. The van der Waals surface area contributed by atoms with Gasteiger partial charge in [0.15, 0.2) is 0 Å². The number of hydrogen-bond donors (Lipinski definition) is 1. The van der Waals surface area contributed by atoms with Gasteiger partial charge in [0, 0.05) is 11.3 Å². The van der Waals surface area contributed by atoms with E-state index in [0.29, 0.717) is 29.5 Å². The van der Waals surface area contributed by atoms with Crippen molar-refractivity contribution < 1.29 is 19.4 Å². The van der Waals surface area contributed by atoms with Gasteiger partial charge in [-0.25, -0.2) is 0 Å². The third-order valence-corrected chi connectivity index (χ3v) is 5.79. The molecule has 1 N–H and O–H groups in total. The van der Waals surface area contributed by atoms with E-state index in [2.05, 4.69) is 13.8 Å². The van der Waals surface area contributed by atoms with Gasteiger partial charge in [0.05, 0.1) is 18.2 Å². The number of Topliss-reactive ketones (excluding diaryl/α,β-unsaturated/α-hetero) is 1. The van der Waals surface area contributed by atoms with Crippen LogP contribution in [0.15, 0.2) is 78.4 Å². The van der Waals surface area contributed by atoms with Crippen molar-refractivity contribution in [3.63, 3.8) is 0 Å². The van der Waals surface area contributed by atoms with Crippen LogP contribution in [0, 0.1) is 19.8 Å². The first-order chi connectivity index (χ1) is 16.3. The first-order valence-electron chi connectivity index (χ1n) is 11.4. The molecular formula is C29H29NO4. The van der Waals surface area contributed by atoms with Crippen molar-refractivity contribution in [2.45, 2.75) is 33.7 Å². The van der Waals surface area contributed by atoms with E-state index in [4.69, 9.17) is 4.74 Å². The van der Waals surface area contributed by atoms with E-state index >= 15 is 0 Å². The van der Waals surface area contributed by atoms with E-state index < -0.39 is 17.7 Å². The minimum absolute atomic E-state index is 0.0768. The van der Waals surface area contributed by atoms with Crippen LogP contribution in [0.1, 0.15) is 42.1 Å². The maximum absolute atomic E-state index is 13.3. The molecular weight excluding hydrogens is 426 g/mol. The second kappa shape index (κ2) is 9.56. The fraction of sp³-hybridized carbons (Fsp3) is 0.241. The van der Waals surface area contributed by atoms with Crippen molar-refractivity contribution in [1.82, 2.24) is 0 Å². The Kier molecular flexibility index (Phi) is 6.55. The molecule has 34 heavy (non-hydrogen) atoms. The third kappa shape index (κ3) is 4.60. The van der Waals surface area contributed by atoms with Gasteiger partial charge in [0.25, 0.3) is 11.7 Å². The Hall–Kier alpha value is -3.86. The van der Waals surface area contributed by atoms with Gasteiger partial charge in [-0.3, -0.25) is 14.5 Å². The van der Waals surface area contributed by atoms with Crippen molar-refractivity contribution in [2.24, 2.45) is 5.92 Å². The number of aliphatic hydroxyl groups is 1. The standard InChI is InChI=1S/C29H29NO4/c1-18(2)17-34-24-13-11-21(12-14-24)27(31)25-26(22-9-5-7-19(3)15-22)30(29(33)28(25)32)23-10-6-8-20(4)16-23/h5-16,18,26,31H,17H2,1-4H3/b27-25+. The smallest absolute Gasteiger partial charge is 0.300 e. The number of aliphatic hydroxyl groups excluding tert-OH is 1. The first kappa shape index (κ1) is 23.3. The molecule has 1 saturated heterocycles. The number of aryl methyl sites for hydroxylation is 2. The van der Waals surface area contributed by atoms with Gasteiger partial charge in [0.1, 0.15) is 11.5 Å². The summed E-state index contributed by atoms with van der Waals surface area (Å²) in [5, 5.41) is 11.3. The quantitative estimate of drug-likeness (QED) is 0.283. The van der Waals surface area contributed by atoms with E-state index in [-0.39, 0.29) is 11.3 Å². The Balaban J connectivity index is 1.83. The molecule has 174 valence electrons. The van der Waals surface area contributed by atoms with E-state index in [9.17, 15) is 14.7 Å². The van der Waals surface area contributed by atoms with Gasteiger partial charge in [-0.2, -0.15) is 0 Å². The molecule has 5 heteroatoms. The van der Waals surface area contributed by atoms with Gasteiger partial charge in [-0.05, 0) is 67.3 Å². The molecule has 1 unspecified atom stereocenters. The number of carbonyl (C=O) groups is 2. The lowest BCUT2D eigenvalue weighted by Gasteiger charge is -2.26. The van der Waals surface area contributed by atoms with Crippen LogP contribution in [0.4, 0.5) is 5.69 Å². The predicted octanol–water partition coefficient (Wildman–Crippen LogP) is 5.96. The molecule has 0 aromatic heterocycles. The Morgan fingerprint density at radius 3 is 2.21 bits per heavy atom. The third-order valence-electron chi connectivity index (χ3n) is 5.79. The van der Waals surface area contributed by atoms with Gasteiger partial charge < -0.3 is 9.84 Å². The zero-order valence-electron chi connectivity index (χ0n) is 19.9. The van der Waals surface area contributed by atoms with Crippen molar-refractivity contribution >= 4 is 23.1 Å². The number of hydrogen-bond acceptors (Lipinski definition) is 4. The van der Waals surface area contributed by atoms with Crippen molar-refractivity contribution in [1.29, 1.82) is 0 Å². The highest BCUT2D eigenvalue weighted by atomic mass is 16.5. The number of ether oxygens (including phenoxy) is 1. The molecule has 1 aliphatic heterocycles. The van der Waals surface area contributed by atoms with Crippen molar-refractivity contribution in [3.05, 3.63) is 101 Å². The molecule has 1 heterocycles. The Labute approximate surface area is 200 Å². The van der Waals surface area contributed by atoms with Crippen LogP contribution in [0.5, 0.6) is 5.75 Å². The van der Waals surface area contributed by atoms with Crippen LogP contribution < -0.4 is 9.64 Å². The summed E-state index contributed by atoms with van der Waals surface area (Å²) in [6.07, 6.45) is 0. The lowest BCUT2D eigenvalue weighted by molar-refractivity contribution is -0.132. The molecule has 3 aromatic carbocycles. The number of rotatable bonds is 6. The van der Waals surface area contributed by atoms with Crippen LogP contribution in [0.2, 0.25) is 0 Å². The second-order valence-electron chi connectivity index (χ2n) is 9.15. The number of ketones is 1. The lowest BCUT2D eigenvalue weighted by Crippen LogP contribution is -2.29. The van der Waals surface area contributed by atoms with E-state index in [1.165, 1.54) is 4.90 Å². The SMILES string of the molecule is Cc1cccc(C2/C(=C(\O)c3ccc(OCC(C)C)cc3)C(=O)C(=O)N2c2cccc(C)c2)c1. The molecule has 1 atom stereocenters. The summed E-state index contributed by atoms with van der Waals surface area (Å²) in [5.74, 6) is -0.489. The van der Waals surface area contributed by atoms with Gasteiger partial charge in [0.2, 0.25) is 0 Å². The number of nitrogens with zero attached hydrogens (tertiary/aromatic N) is 1. The second-order valence-corrected chi connectivity index (χ2v) is 9.15. The molecule has 4 rings (SSSR count). The van der Waals surface area contributed by atoms with Crippen LogP contribution in [-0.2, 0) is 9.59 Å². The van der Waals surface area contributed by atoms with Crippen LogP contribution in [0.3, 0.4) is 0 Å². The average molecular weight is 456 g/mol. The lowest BCUT2D eigenvalue weighted by atomic mass is 9.94. The summed E-state index contributed by atoms with van der Waals surface area (Å²) >= 11 is 0. The molecule has 0 radical (unpaired) electrons. The number of anilines is 1. The Morgan fingerprint density at radius 2 is 1.59 bits per heavy atom. The highest BCUT2D eigenvalue weighted by molar-refractivity contribution is 6.51. The molecule has 0 saturated carbocycles. The molecule has 0 bridgehead atoms. The topological polar surface area (TPSA) is 66.8 Å². The molecule has 0 spiro atoms. The van der Waals surface area contributed by atoms with Gasteiger partial charge in [-0.1, -0.05) is 55.8 Å². The number of benzene rings is 3. The summed E-state index contributed by atoms with van der Waals surface area (Å²) in [4.78, 5) is 28.0. The monoisotopic (exact) mass is 455 g/mol. The highest BCUT2D eigenvalue weighted by Gasteiger charge is 2.47. The summed E-state index contributed by atoms with van der Waals surface area (Å²) in [6, 6.07) is 21.3. The zero-order chi connectivity index (χ0) is 24.4. The summed E-state index contributed by atoms with van der Waals surface area (Å²) < 4.78 is 5.73. The van der Waals surface area contributed by atoms with Crippen LogP contribution in [0.25, 0.3) is 5.76 Å². The minimum atomic E-state index is -0.737. The summed E-state index contributed by atoms with van der Waals surface area (Å²) in [5.41, 5.74) is 3.88. The highest BCUT2D eigenvalue weighted by Crippen LogP contribution is 2.42. The van der Waals surface area contributed by atoms with E-state index in [0.717, 1.165) is 16.7 Å². The molecule has 3 aromatic rings. The van der Waals surface area contributed by atoms with Gasteiger partial charge >= 0.3 is 0 Å². The maximum atomic E-state index is 13.3. The largest absolute Gasteiger partial charge is 0.507 e. The van der Waals surface area contributed by atoms with Crippen molar-refractivity contribution in [2.75, 3.05) is 11.5 Å². The fourth-order valence-corrected chi connectivity index (χ4v) is 4.16. The zero-order valence-corrected chi connectivity index (χ0v) is 19.9. The Bertz CT molecular complexity index is 1260. The molecule has 1 aliphatic rings. The van der Waals surface area contributed by atoms with Crippen LogP contribution in [-0.4, -0.2) is 23.4 Å². The predicted molar refractivity (Wildman–Crippen MR) is 134 cm³/mol. The summed E-state index contributed by atoms with van der Waals surface area (Å²) in [6.45, 7) is 8.61. The molecule has 5 nitrogen and oxygen atoms in total. The van der Waals surface area contributed by atoms with Gasteiger partial charge in [-0.15, -0.1) is 0 Å². The minimum Gasteiger partial charge on any atom is -0.507 e. The molecule has 1 amide bonds. The first-order valence-corrected chi connectivity index (χ1v) is 11.4. The average Bonchev–Trinajstić information content (AvgIpc) is 3.08. The fourth-order valence-electron chi connectivity index (χ4n) is 4.16. The Morgan fingerprint density at radius 1 is 0.941 bits per heavy atom. The summed E-state index contributed by atoms with van der Waals surface area (Å²) in [7, 11) is 0. The normalized spacial score (nSPS) is 17.4. The van der Waals surface area contributed by atoms with E-state index in [1.54, 1.807) is 24.3 Å². The van der Waals surface area contributed by atoms with Crippen LogP contribution >= 0.6 is 0 Å². The van der Waals surface area contributed by atoms with Crippen molar-refractivity contribution in [3.8, 4) is 5.75 Å². The molecule has 1 fully saturated rings. The maximum Gasteiger partial charge on any atom is 0.300 e. The van der Waals surface area contributed by atoms with E-state index in [1.807, 2.05) is 62.4 Å².